The van der Waals surface area contributed by atoms with Gasteiger partial charge in [-0.25, -0.2) is 24.9 Å². The van der Waals surface area contributed by atoms with Gasteiger partial charge in [0.15, 0.2) is 17.5 Å². The van der Waals surface area contributed by atoms with Crippen molar-refractivity contribution in [1.29, 1.82) is 0 Å². The summed E-state index contributed by atoms with van der Waals surface area (Å²) in [7, 11) is 0. The first-order valence-electron chi connectivity index (χ1n) is 21.1. The number of para-hydroxylation sites is 6. The zero-order valence-electron chi connectivity index (χ0n) is 33.8. The van der Waals surface area contributed by atoms with Gasteiger partial charge in [0.2, 0.25) is 0 Å². The van der Waals surface area contributed by atoms with Gasteiger partial charge in [0, 0.05) is 66.3 Å². The molecule has 1 aliphatic rings. The fourth-order valence-electron chi connectivity index (χ4n) is 9.64. The maximum absolute atomic E-state index is 5.14. The Hall–Kier alpha value is -8.56. The van der Waals surface area contributed by atoms with E-state index in [2.05, 4.69) is 177 Å². The molecule has 63 heavy (non-hydrogen) atoms. The third kappa shape index (κ3) is 5.56. The normalized spacial score (nSPS) is 14.2. The Balaban J connectivity index is 0.910. The molecule has 0 fully saturated rings. The summed E-state index contributed by atoms with van der Waals surface area (Å²) in [4.78, 5) is 30.2. The van der Waals surface area contributed by atoms with Gasteiger partial charge in [-0.3, -0.25) is 4.99 Å². The molecular weight excluding hydrogens is 775 g/mol. The van der Waals surface area contributed by atoms with Gasteiger partial charge in [-0.15, -0.1) is 0 Å². The summed E-state index contributed by atoms with van der Waals surface area (Å²) in [6.45, 7) is 0.537. The predicted molar refractivity (Wildman–Crippen MR) is 256 cm³/mol. The molecule has 7 aromatic carbocycles. The van der Waals surface area contributed by atoms with Gasteiger partial charge in [0.1, 0.15) is 0 Å². The molecule has 0 radical (unpaired) electrons. The zero-order chi connectivity index (χ0) is 41.4. The summed E-state index contributed by atoms with van der Waals surface area (Å²) < 4.78 is 6.80. The van der Waals surface area contributed by atoms with Crippen molar-refractivity contribution in [3.05, 3.63) is 194 Å². The molecule has 0 N–H and O–H groups in total. The molecule has 0 spiro atoms. The van der Waals surface area contributed by atoms with E-state index in [1.54, 1.807) is 0 Å². The summed E-state index contributed by atoms with van der Waals surface area (Å²) in [6.07, 6.45) is 9.63. The number of hydrogen-bond donors (Lipinski definition) is 0. The highest BCUT2D eigenvalue weighted by Gasteiger charge is 2.22. The molecular formula is C54H35N9. The number of rotatable bonds is 6. The fourth-order valence-corrected chi connectivity index (χ4v) is 9.64. The standard InChI is InChI=1S/C54H35N9/c1-7-19-46-40(13-1)41-14-2-8-20-47(41)61(46)37-28-55-52(56-29-37)34-25-35(53-57-30-38(31-58-53)62-48-21-9-3-15-42(48)43-16-4-10-22-49(43)62)27-36(26-34)54-59-32-39(33-60-54)63-50-23-11-5-17-44(50)45-18-6-12-24-51(45)63/h1-32,39H,33H2. The maximum Gasteiger partial charge on any atom is 0.159 e. The molecule has 0 saturated heterocycles. The van der Waals surface area contributed by atoms with Crippen LogP contribution in [0, 0.1) is 0 Å². The second-order valence-electron chi connectivity index (χ2n) is 16.0. The Morgan fingerprint density at radius 2 is 0.714 bits per heavy atom. The van der Waals surface area contributed by atoms with Crippen molar-refractivity contribution in [2.24, 2.45) is 9.98 Å². The molecule has 0 saturated carbocycles. The highest BCUT2D eigenvalue weighted by atomic mass is 15.1. The van der Waals surface area contributed by atoms with Crippen LogP contribution in [-0.2, 0) is 0 Å². The topological polar surface area (TPSA) is 91.1 Å². The molecule has 0 amide bonds. The summed E-state index contributed by atoms with van der Waals surface area (Å²) in [5.74, 6) is 1.79. The highest BCUT2D eigenvalue weighted by Crippen LogP contribution is 2.36. The molecule has 12 aromatic rings. The minimum atomic E-state index is -0.0466. The second-order valence-corrected chi connectivity index (χ2v) is 16.0. The molecule has 6 heterocycles. The van der Waals surface area contributed by atoms with Crippen LogP contribution >= 0.6 is 0 Å². The van der Waals surface area contributed by atoms with Crippen molar-refractivity contribution >= 4 is 77.5 Å². The molecule has 9 heteroatoms. The zero-order valence-corrected chi connectivity index (χ0v) is 33.8. The number of amidine groups is 1. The van der Waals surface area contributed by atoms with Crippen LogP contribution in [0.15, 0.2) is 199 Å². The minimum absolute atomic E-state index is 0.0466. The second kappa shape index (κ2) is 14.0. The van der Waals surface area contributed by atoms with Crippen molar-refractivity contribution in [2.45, 2.75) is 6.04 Å². The van der Waals surface area contributed by atoms with Gasteiger partial charge in [0.25, 0.3) is 0 Å². The molecule has 1 atom stereocenters. The predicted octanol–water partition coefficient (Wildman–Crippen LogP) is 12.0. The van der Waals surface area contributed by atoms with Gasteiger partial charge in [-0.05, 0) is 54.6 Å². The van der Waals surface area contributed by atoms with E-state index < -0.39 is 0 Å². The fraction of sp³-hybridized carbons (Fsp3) is 0.0370. The Bertz CT molecular complexity index is 3500. The van der Waals surface area contributed by atoms with Crippen molar-refractivity contribution < 1.29 is 0 Å². The van der Waals surface area contributed by atoms with Gasteiger partial charge in [0.05, 0.1) is 70.8 Å². The van der Waals surface area contributed by atoms with Gasteiger partial charge in [-0.1, -0.05) is 109 Å². The minimum Gasteiger partial charge on any atom is -0.330 e. The number of fused-ring (bicyclic) bond motifs is 9. The van der Waals surface area contributed by atoms with Crippen molar-refractivity contribution in [1.82, 2.24) is 33.6 Å². The van der Waals surface area contributed by atoms with Crippen LogP contribution in [0.2, 0.25) is 0 Å². The van der Waals surface area contributed by atoms with Gasteiger partial charge in [-0.2, -0.15) is 0 Å². The molecule has 0 aliphatic carbocycles. The third-order valence-electron chi connectivity index (χ3n) is 12.4. The van der Waals surface area contributed by atoms with Crippen LogP contribution in [0.5, 0.6) is 0 Å². The van der Waals surface area contributed by atoms with E-state index in [1.807, 2.05) is 31.0 Å². The Morgan fingerprint density at radius 1 is 0.381 bits per heavy atom. The van der Waals surface area contributed by atoms with Crippen LogP contribution in [0.25, 0.3) is 99.6 Å². The van der Waals surface area contributed by atoms with E-state index >= 15 is 0 Å². The number of aromatic nitrogens is 7. The molecule has 13 rings (SSSR count). The first-order valence-corrected chi connectivity index (χ1v) is 21.1. The first kappa shape index (κ1) is 35.2. The van der Waals surface area contributed by atoms with Crippen LogP contribution in [-0.4, -0.2) is 52.2 Å². The molecule has 0 bridgehead atoms. The van der Waals surface area contributed by atoms with E-state index in [-0.39, 0.29) is 6.04 Å². The van der Waals surface area contributed by atoms with Crippen LogP contribution in [0.3, 0.4) is 0 Å². The Labute approximate surface area is 360 Å². The largest absolute Gasteiger partial charge is 0.330 e. The number of aliphatic imine (C=N–C) groups is 2. The van der Waals surface area contributed by atoms with E-state index in [9.17, 15) is 0 Å². The summed E-state index contributed by atoms with van der Waals surface area (Å²) >= 11 is 0. The van der Waals surface area contributed by atoms with Crippen LogP contribution in [0.1, 0.15) is 11.6 Å². The smallest absolute Gasteiger partial charge is 0.159 e. The Kier molecular flexibility index (Phi) is 7.83. The highest BCUT2D eigenvalue weighted by molar-refractivity contribution is 6.12. The quantitative estimate of drug-likeness (QED) is 0.167. The molecule has 5 aromatic heterocycles. The monoisotopic (exact) mass is 809 g/mol. The number of hydrogen-bond acceptors (Lipinski definition) is 6. The van der Waals surface area contributed by atoms with E-state index in [4.69, 9.17) is 29.9 Å². The van der Waals surface area contributed by atoms with Crippen LogP contribution < -0.4 is 0 Å². The van der Waals surface area contributed by atoms with Crippen molar-refractivity contribution in [3.63, 3.8) is 0 Å². The Morgan fingerprint density at radius 3 is 1.08 bits per heavy atom. The summed E-state index contributed by atoms with van der Waals surface area (Å²) in [6, 6.07) is 57.1. The summed E-state index contributed by atoms with van der Waals surface area (Å²) in [5, 5.41) is 7.20. The van der Waals surface area contributed by atoms with Gasteiger partial charge < -0.3 is 13.7 Å². The SMILES string of the molecule is C1=NC(c2cc(-c3ncc(-n4c5ccccc5c5ccccc54)cn3)cc(-c3ncc(-n4c5ccccc5c5ccccc54)cn3)c2)=NCC1n1c2ccccc2c2ccccc21. The third-order valence-corrected chi connectivity index (χ3v) is 12.4. The lowest BCUT2D eigenvalue weighted by atomic mass is 10.0. The van der Waals surface area contributed by atoms with Crippen molar-refractivity contribution in [3.8, 4) is 34.2 Å². The lowest BCUT2D eigenvalue weighted by molar-refractivity contribution is 0.695. The summed E-state index contributed by atoms with van der Waals surface area (Å²) in [5.41, 5.74) is 11.0. The van der Waals surface area contributed by atoms with Crippen LogP contribution in [0.4, 0.5) is 0 Å². The van der Waals surface area contributed by atoms with E-state index in [0.29, 0.717) is 24.0 Å². The lowest BCUT2D eigenvalue weighted by Crippen LogP contribution is -2.19. The maximum atomic E-state index is 5.14. The van der Waals surface area contributed by atoms with E-state index in [0.717, 1.165) is 50.1 Å². The first-order chi connectivity index (χ1) is 31.2. The molecule has 1 aliphatic heterocycles. The van der Waals surface area contributed by atoms with Gasteiger partial charge >= 0.3 is 0 Å². The number of nitrogens with zero attached hydrogens (tertiary/aromatic N) is 9. The lowest BCUT2D eigenvalue weighted by Gasteiger charge is -2.19. The van der Waals surface area contributed by atoms with E-state index in [1.165, 1.54) is 43.4 Å². The average Bonchev–Trinajstić information content (AvgIpc) is 4.00. The average molecular weight is 810 g/mol. The number of benzene rings is 7. The molecule has 1 unspecified atom stereocenters. The van der Waals surface area contributed by atoms with Crippen molar-refractivity contribution in [2.75, 3.05) is 6.54 Å². The molecule has 9 nitrogen and oxygen atoms in total. The molecule has 296 valence electrons.